The van der Waals surface area contributed by atoms with Gasteiger partial charge in [0.2, 0.25) is 10.0 Å². The molecule has 146 valence electrons. The number of amides is 2. The van der Waals surface area contributed by atoms with Crippen LogP contribution in [0.4, 0.5) is 4.79 Å². The van der Waals surface area contributed by atoms with Crippen LogP contribution in [0.1, 0.15) is 17.1 Å². The molecule has 1 fully saturated rings. The van der Waals surface area contributed by atoms with Gasteiger partial charge in [-0.25, -0.2) is 13.2 Å². The third kappa shape index (κ3) is 4.70. The van der Waals surface area contributed by atoms with Crippen LogP contribution in [-0.2, 0) is 16.4 Å². The van der Waals surface area contributed by atoms with E-state index in [-0.39, 0.29) is 6.03 Å². The highest BCUT2D eigenvalue weighted by Crippen LogP contribution is 2.18. The first-order valence-electron chi connectivity index (χ1n) is 9.01. The average molecular weight is 391 g/mol. The number of sulfonamides is 1. The number of piperazine rings is 1. The molecule has 0 saturated carbocycles. The van der Waals surface area contributed by atoms with Crippen molar-refractivity contribution < 1.29 is 17.6 Å². The molecule has 3 rings (SSSR count). The summed E-state index contributed by atoms with van der Waals surface area (Å²) in [5.74, 6) is 1.68. The van der Waals surface area contributed by atoms with Crippen LogP contribution >= 0.6 is 0 Å². The fourth-order valence-electron chi connectivity index (χ4n) is 3.01. The molecule has 0 radical (unpaired) electrons. The second-order valence-corrected chi connectivity index (χ2v) is 8.64. The maximum Gasteiger partial charge on any atom is 0.317 e. The van der Waals surface area contributed by atoms with Crippen molar-refractivity contribution in [3.63, 3.8) is 0 Å². The summed E-state index contributed by atoms with van der Waals surface area (Å²) >= 11 is 0. The van der Waals surface area contributed by atoms with Gasteiger partial charge in [-0.2, -0.15) is 4.31 Å². The number of furan rings is 1. The summed E-state index contributed by atoms with van der Waals surface area (Å²) in [6.45, 7) is 5.61. The van der Waals surface area contributed by atoms with Crippen molar-refractivity contribution in [3.05, 3.63) is 53.5 Å². The lowest BCUT2D eigenvalue weighted by molar-refractivity contribution is 0.172. The Morgan fingerprint density at radius 2 is 1.70 bits per heavy atom. The van der Waals surface area contributed by atoms with Gasteiger partial charge in [0.1, 0.15) is 11.5 Å². The predicted molar refractivity (Wildman–Crippen MR) is 102 cm³/mol. The lowest BCUT2D eigenvalue weighted by atomic mass is 10.2. The Labute approximate surface area is 160 Å². The Kier molecular flexibility index (Phi) is 5.86. The van der Waals surface area contributed by atoms with Crippen LogP contribution in [0.15, 0.2) is 45.7 Å². The monoisotopic (exact) mass is 391 g/mol. The van der Waals surface area contributed by atoms with E-state index in [0.29, 0.717) is 44.0 Å². The van der Waals surface area contributed by atoms with Gasteiger partial charge >= 0.3 is 6.03 Å². The van der Waals surface area contributed by atoms with E-state index >= 15 is 0 Å². The molecule has 0 spiro atoms. The number of nitrogens with zero attached hydrogens (tertiary/aromatic N) is 2. The summed E-state index contributed by atoms with van der Waals surface area (Å²) < 4.78 is 32.3. The van der Waals surface area contributed by atoms with Gasteiger partial charge in [-0.15, -0.1) is 0 Å². The van der Waals surface area contributed by atoms with Crippen molar-refractivity contribution in [2.75, 3.05) is 32.7 Å². The first-order valence-corrected chi connectivity index (χ1v) is 10.5. The van der Waals surface area contributed by atoms with E-state index in [0.717, 1.165) is 17.1 Å². The molecular weight excluding hydrogens is 366 g/mol. The van der Waals surface area contributed by atoms with Crippen LogP contribution in [0.25, 0.3) is 0 Å². The Bertz CT molecular complexity index is 882. The molecule has 1 aliphatic rings. The topological polar surface area (TPSA) is 82.9 Å². The maximum atomic E-state index is 12.7. The molecule has 27 heavy (non-hydrogen) atoms. The zero-order chi connectivity index (χ0) is 19.4. The lowest BCUT2D eigenvalue weighted by Crippen LogP contribution is -2.53. The number of aryl methyl sites for hydroxylation is 2. The summed E-state index contributed by atoms with van der Waals surface area (Å²) in [4.78, 5) is 14.2. The molecule has 2 amide bonds. The number of rotatable bonds is 5. The van der Waals surface area contributed by atoms with Crippen LogP contribution in [0.2, 0.25) is 0 Å². The minimum absolute atomic E-state index is 0.175. The third-order valence-electron chi connectivity index (χ3n) is 4.63. The molecule has 2 heterocycles. The van der Waals surface area contributed by atoms with E-state index in [9.17, 15) is 13.2 Å². The van der Waals surface area contributed by atoms with Crippen LogP contribution in [-0.4, -0.2) is 56.4 Å². The van der Waals surface area contributed by atoms with Crippen molar-refractivity contribution in [1.29, 1.82) is 0 Å². The van der Waals surface area contributed by atoms with Gasteiger partial charge in [0.15, 0.2) is 0 Å². The molecule has 0 atom stereocenters. The van der Waals surface area contributed by atoms with Gasteiger partial charge in [-0.1, -0.05) is 17.7 Å². The number of benzene rings is 1. The quantitative estimate of drug-likeness (QED) is 0.847. The minimum atomic E-state index is -3.52. The standard InChI is InChI=1S/C19H25N3O4S/c1-15-3-7-18(8-4-15)27(24,25)22-13-11-21(12-14-22)19(23)20-10-9-17-6-5-16(2)26-17/h3-8H,9-14H2,1-2H3,(H,20,23). The molecule has 0 bridgehead atoms. The Hall–Kier alpha value is -2.32. The second kappa shape index (κ2) is 8.14. The van der Waals surface area contributed by atoms with Crippen LogP contribution in [0, 0.1) is 13.8 Å². The third-order valence-corrected chi connectivity index (χ3v) is 6.54. The molecular formula is C19H25N3O4S. The molecule has 0 aliphatic carbocycles. The van der Waals surface area contributed by atoms with Crippen molar-refractivity contribution in [2.24, 2.45) is 0 Å². The molecule has 1 aromatic heterocycles. The number of urea groups is 1. The predicted octanol–water partition coefficient (Wildman–Crippen LogP) is 2.16. The summed E-state index contributed by atoms with van der Waals surface area (Å²) in [6.07, 6.45) is 0.626. The number of hydrogen-bond acceptors (Lipinski definition) is 4. The molecule has 7 nitrogen and oxygen atoms in total. The van der Waals surface area contributed by atoms with E-state index < -0.39 is 10.0 Å². The number of hydrogen-bond donors (Lipinski definition) is 1. The van der Waals surface area contributed by atoms with E-state index in [4.69, 9.17) is 4.42 Å². The van der Waals surface area contributed by atoms with Crippen LogP contribution in [0.3, 0.4) is 0 Å². The zero-order valence-electron chi connectivity index (χ0n) is 15.6. The van der Waals surface area contributed by atoms with Crippen molar-refractivity contribution in [2.45, 2.75) is 25.2 Å². The van der Waals surface area contributed by atoms with Crippen molar-refractivity contribution in [3.8, 4) is 0 Å². The Morgan fingerprint density at radius 1 is 1.04 bits per heavy atom. The zero-order valence-corrected chi connectivity index (χ0v) is 16.5. The first kappa shape index (κ1) is 19.4. The van der Waals surface area contributed by atoms with Gasteiger partial charge in [-0.05, 0) is 38.1 Å². The number of nitrogens with one attached hydrogen (secondary N) is 1. The van der Waals surface area contributed by atoms with Crippen molar-refractivity contribution in [1.82, 2.24) is 14.5 Å². The fourth-order valence-corrected chi connectivity index (χ4v) is 4.44. The van der Waals surface area contributed by atoms with Gasteiger partial charge < -0.3 is 14.6 Å². The van der Waals surface area contributed by atoms with E-state index in [1.165, 1.54) is 4.31 Å². The average Bonchev–Trinajstić information content (AvgIpc) is 3.07. The Morgan fingerprint density at radius 3 is 2.30 bits per heavy atom. The molecule has 1 aliphatic heterocycles. The van der Waals surface area contributed by atoms with Gasteiger partial charge in [0, 0.05) is 39.1 Å². The maximum absolute atomic E-state index is 12.7. The first-order chi connectivity index (χ1) is 12.9. The van der Waals surface area contributed by atoms with E-state index in [2.05, 4.69) is 5.32 Å². The van der Waals surface area contributed by atoms with E-state index in [1.54, 1.807) is 29.2 Å². The molecule has 1 N–H and O–H groups in total. The van der Waals surface area contributed by atoms with Crippen molar-refractivity contribution >= 4 is 16.1 Å². The highest BCUT2D eigenvalue weighted by Gasteiger charge is 2.29. The SMILES string of the molecule is Cc1ccc(S(=O)(=O)N2CCN(C(=O)NCCc3ccc(C)o3)CC2)cc1. The highest BCUT2D eigenvalue weighted by atomic mass is 32.2. The second-order valence-electron chi connectivity index (χ2n) is 6.70. The highest BCUT2D eigenvalue weighted by molar-refractivity contribution is 7.89. The number of carbonyl (C=O) groups excluding carboxylic acids is 1. The fraction of sp³-hybridized carbons (Fsp3) is 0.421. The molecule has 8 heteroatoms. The van der Waals surface area contributed by atoms with E-state index in [1.807, 2.05) is 26.0 Å². The summed E-state index contributed by atoms with van der Waals surface area (Å²) in [5.41, 5.74) is 1.01. The van der Waals surface area contributed by atoms with Gasteiger partial charge in [0.05, 0.1) is 4.90 Å². The molecule has 1 aromatic carbocycles. The van der Waals surface area contributed by atoms with Crippen LogP contribution in [0.5, 0.6) is 0 Å². The largest absolute Gasteiger partial charge is 0.466 e. The summed E-state index contributed by atoms with van der Waals surface area (Å²) in [6, 6.07) is 10.4. The summed E-state index contributed by atoms with van der Waals surface area (Å²) in [7, 11) is -3.52. The Balaban J connectivity index is 1.49. The van der Waals surface area contributed by atoms with Gasteiger partial charge in [-0.3, -0.25) is 0 Å². The minimum Gasteiger partial charge on any atom is -0.466 e. The molecule has 1 saturated heterocycles. The van der Waals surface area contributed by atoms with Crippen LogP contribution < -0.4 is 5.32 Å². The smallest absolute Gasteiger partial charge is 0.317 e. The van der Waals surface area contributed by atoms with Gasteiger partial charge in [0.25, 0.3) is 0 Å². The summed E-state index contributed by atoms with van der Waals surface area (Å²) in [5, 5.41) is 2.86. The molecule has 2 aromatic rings. The lowest BCUT2D eigenvalue weighted by Gasteiger charge is -2.34. The number of carbonyl (C=O) groups is 1. The normalized spacial score (nSPS) is 15.7. The molecule has 0 unspecified atom stereocenters.